The fourth-order valence-corrected chi connectivity index (χ4v) is 1.44. The van der Waals surface area contributed by atoms with Crippen LogP contribution in [0.3, 0.4) is 0 Å². The van der Waals surface area contributed by atoms with Crippen molar-refractivity contribution in [1.29, 1.82) is 0 Å². The Kier molecular flexibility index (Phi) is 4.78. The highest BCUT2D eigenvalue weighted by Crippen LogP contribution is 2.28. The Balaban J connectivity index is 3.06. The van der Waals surface area contributed by atoms with Gasteiger partial charge in [0, 0.05) is 20.3 Å². The van der Waals surface area contributed by atoms with Gasteiger partial charge in [-0.05, 0) is 23.1 Å². The number of ether oxygens (including phenoxy) is 2. The predicted octanol–water partition coefficient (Wildman–Crippen LogP) is 2.08. The Bertz CT molecular complexity index is 454. The molecule has 0 amide bonds. The highest BCUT2D eigenvalue weighted by Gasteiger charge is 2.10. The van der Waals surface area contributed by atoms with E-state index in [0.717, 1.165) is 5.56 Å². The van der Waals surface area contributed by atoms with Crippen molar-refractivity contribution in [3.63, 3.8) is 0 Å². The van der Waals surface area contributed by atoms with E-state index in [1.165, 1.54) is 13.8 Å². The zero-order valence-corrected chi connectivity index (χ0v) is 10.4. The summed E-state index contributed by atoms with van der Waals surface area (Å²) in [5.74, 6) is -0.498. The molecular formula is C12H12O4S. The van der Waals surface area contributed by atoms with Crippen molar-refractivity contribution >= 4 is 29.5 Å². The monoisotopic (exact) mass is 252 g/mol. The van der Waals surface area contributed by atoms with Gasteiger partial charge in [0.25, 0.3) is 0 Å². The molecule has 1 aromatic carbocycles. The van der Waals surface area contributed by atoms with E-state index >= 15 is 0 Å². The van der Waals surface area contributed by atoms with Crippen LogP contribution in [0.5, 0.6) is 11.5 Å². The van der Waals surface area contributed by atoms with E-state index in [1.54, 1.807) is 23.6 Å². The summed E-state index contributed by atoms with van der Waals surface area (Å²) in [7, 11) is 0. The number of benzene rings is 1. The van der Waals surface area contributed by atoms with Crippen molar-refractivity contribution in [2.75, 3.05) is 0 Å². The molecule has 0 radical (unpaired) electrons. The summed E-state index contributed by atoms with van der Waals surface area (Å²) in [5.41, 5.74) is 0.882. The van der Waals surface area contributed by atoms with E-state index in [2.05, 4.69) is 0 Å². The standard InChI is InChI=1S/C12H12O4S/c1-8(13)15-11-4-3-10(5-6-17)7-12(11)16-9(2)14/h3-4,6-7H,5H2,1-2H3. The Morgan fingerprint density at radius 3 is 2.29 bits per heavy atom. The summed E-state index contributed by atoms with van der Waals surface area (Å²) < 4.78 is 9.90. The minimum atomic E-state index is -0.474. The minimum Gasteiger partial charge on any atom is -0.423 e. The molecular weight excluding hydrogens is 240 g/mol. The molecule has 0 N–H and O–H groups in total. The summed E-state index contributed by atoms with van der Waals surface area (Å²) in [6, 6.07) is 4.96. The van der Waals surface area contributed by atoms with Crippen LogP contribution in [0.1, 0.15) is 19.4 Å². The van der Waals surface area contributed by atoms with Crippen molar-refractivity contribution in [3.8, 4) is 11.5 Å². The van der Waals surface area contributed by atoms with Crippen molar-refractivity contribution in [1.82, 2.24) is 0 Å². The lowest BCUT2D eigenvalue weighted by Crippen LogP contribution is -2.07. The number of carbonyl (C=O) groups excluding carboxylic acids is 2. The normalized spacial score (nSPS) is 9.53. The van der Waals surface area contributed by atoms with Gasteiger partial charge in [-0.3, -0.25) is 9.59 Å². The molecule has 0 spiro atoms. The maximum atomic E-state index is 10.9. The smallest absolute Gasteiger partial charge is 0.308 e. The van der Waals surface area contributed by atoms with Crippen LogP contribution in [0.4, 0.5) is 0 Å². The predicted molar refractivity (Wildman–Crippen MR) is 66.4 cm³/mol. The fourth-order valence-electron chi connectivity index (χ4n) is 1.25. The molecule has 0 aliphatic carbocycles. The third-order valence-corrected chi connectivity index (χ3v) is 2.00. The molecule has 1 aromatic rings. The average Bonchev–Trinajstić information content (AvgIpc) is 2.21. The highest BCUT2D eigenvalue weighted by atomic mass is 32.1. The molecule has 0 heterocycles. The van der Waals surface area contributed by atoms with Gasteiger partial charge in [0.1, 0.15) is 0 Å². The van der Waals surface area contributed by atoms with Crippen LogP contribution >= 0.6 is 12.2 Å². The largest absolute Gasteiger partial charge is 0.423 e. The van der Waals surface area contributed by atoms with Crippen LogP contribution < -0.4 is 9.47 Å². The molecule has 1 rings (SSSR count). The Labute approximate surface area is 105 Å². The SMILES string of the molecule is CC(=O)Oc1ccc(CC=S)cc1OC(C)=O. The zero-order valence-electron chi connectivity index (χ0n) is 9.56. The zero-order chi connectivity index (χ0) is 12.8. The number of thiocarbonyl (C=S) groups is 1. The molecule has 0 saturated heterocycles. The van der Waals surface area contributed by atoms with Gasteiger partial charge in [0.15, 0.2) is 11.5 Å². The average molecular weight is 252 g/mol. The van der Waals surface area contributed by atoms with Gasteiger partial charge in [-0.25, -0.2) is 0 Å². The second kappa shape index (κ2) is 6.10. The number of esters is 2. The summed E-state index contributed by atoms with van der Waals surface area (Å²) >= 11 is 4.75. The van der Waals surface area contributed by atoms with Gasteiger partial charge < -0.3 is 9.47 Å². The fraction of sp³-hybridized carbons (Fsp3) is 0.250. The van der Waals surface area contributed by atoms with Gasteiger partial charge >= 0.3 is 11.9 Å². The molecule has 0 fully saturated rings. The first-order chi connectivity index (χ1) is 8.02. The lowest BCUT2D eigenvalue weighted by Gasteiger charge is -2.09. The Morgan fingerprint density at radius 1 is 1.18 bits per heavy atom. The number of hydrogen-bond donors (Lipinski definition) is 0. The van der Waals surface area contributed by atoms with Gasteiger partial charge in [-0.2, -0.15) is 0 Å². The van der Waals surface area contributed by atoms with Gasteiger partial charge in [0.05, 0.1) is 0 Å². The Hall–Kier alpha value is -1.75. The first-order valence-electron chi connectivity index (χ1n) is 4.96. The van der Waals surface area contributed by atoms with E-state index in [-0.39, 0.29) is 11.5 Å². The molecule has 0 bridgehead atoms. The van der Waals surface area contributed by atoms with E-state index < -0.39 is 11.9 Å². The van der Waals surface area contributed by atoms with E-state index in [1.807, 2.05) is 0 Å². The summed E-state index contributed by atoms with van der Waals surface area (Å²) in [5, 5.41) is 1.57. The van der Waals surface area contributed by atoms with Gasteiger partial charge in [-0.15, -0.1) is 0 Å². The van der Waals surface area contributed by atoms with Crippen LogP contribution in [-0.2, 0) is 16.0 Å². The summed E-state index contributed by atoms with van der Waals surface area (Å²) in [4.78, 5) is 21.8. The Morgan fingerprint density at radius 2 is 1.76 bits per heavy atom. The lowest BCUT2D eigenvalue weighted by atomic mass is 10.1. The molecule has 0 aliphatic rings. The third-order valence-electron chi connectivity index (χ3n) is 1.83. The van der Waals surface area contributed by atoms with Crippen LogP contribution in [0, 0.1) is 0 Å². The van der Waals surface area contributed by atoms with Crippen molar-refractivity contribution in [2.45, 2.75) is 20.3 Å². The molecule has 90 valence electrons. The van der Waals surface area contributed by atoms with Gasteiger partial charge in [0.2, 0.25) is 0 Å². The first-order valence-corrected chi connectivity index (χ1v) is 5.43. The maximum absolute atomic E-state index is 10.9. The quantitative estimate of drug-likeness (QED) is 0.466. The van der Waals surface area contributed by atoms with Crippen LogP contribution in [-0.4, -0.2) is 17.3 Å². The molecule has 0 unspecified atom stereocenters. The minimum absolute atomic E-state index is 0.223. The molecule has 0 saturated carbocycles. The van der Waals surface area contributed by atoms with Crippen molar-refractivity contribution in [3.05, 3.63) is 23.8 Å². The lowest BCUT2D eigenvalue weighted by molar-refractivity contribution is -0.134. The van der Waals surface area contributed by atoms with Gasteiger partial charge in [-0.1, -0.05) is 18.3 Å². The van der Waals surface area contributed by atoms with E-state index in [4.69, 9.17) is 21.7 Å². The van der Waals surface area contributed by atoms with Crippen LogP contribution in [0.15, 0.2) is 18.2 Å². The number of hydrogen-bond acceptors (Lipinski definition) is 5. The summed E-state index contributed by atoms with van der Waals surface area (Å²) in [6.07, 6.45) is 0.573. The topological polar surface area (TPSA) is 52.6 Å². The van der Waals surface area contributed by atoms with Crippen molar-refractivity contribution in [2.24, 2.45) is 0 Å². The maximum Gasteiger partial charge on any atom is 0.308 e. The molecule has 17 heavy (non-hydrogen) atoms. The molecule has 5 heteroatoms. The molecule has 0 aliphatic heterocycles. The third kappa shape index (κ3) is 4.32. The second-order valence-electron chi connectivity index (χ2n) is 3.34. The van der Waals surface area contributed by atoms with Crippen LogP contribution in [0.25, 0.3) is 0 Å². The number of carbonyl (C=O) groups is 2. The van der Waals surface area contributed by atoms with E-state index in [0.29, 0.717) is 6.42 Å². The highest BCUT2D eigenvalue weighted by molar-refractivity contribution is 7.78. The molecule has 0 atom stereocenters. The first kappa shape index (κ1) is 13.3. The van der Waals surface area contributed by atoms with Crippen molar-refractivity contribution < 1.29 is 19.1 Å². The second-order valence-corrected chi connectivity index (χ2v) is 3.67. The van der Waals surface area contributed by atoms with E-state index in [9.17, 15) is 9.59 Å². The number of rotatable bonds is 4. The summed E-state index contributed by atoms with van der Waals surface area (Å²) in [6.45, 7) is 2.56. The molecule has 4 nitrogen and oxygen atoms in total. The van der Waals surface area contributed by atoms with Crippen LogP contribution in [0.2, 0.25) is 0 Å². The molecule has 0 aromatic heterocycles.